The molecule has 3 N–H and O–H groups in total. The van der Waals surface area contributed by atoms with E-state index in [1.54, 1.807) is 37.3 Å². The minimum atomic E-state index is -1.76. The number of benzene rings is 1. The number of hydrogen-bond acceptors (Lipinski definition) is 7. The van der Waals surface area contributed by atoms with Crippen LogP contribution in [0.5, 0.6) is 0 Å². The largest absolute Gasteiger partial charge is 0.480 e. The van der Waals surface area contributed by atoms with Gasteiger partial charge in [0.05, 0.1) is 25.6 Å². The van der Waals surface area contributed by atoms with Crippen LogP contribution < -0.4 is 10.6 Å². The van der Waals surface area contributed by atoms with E-state index in [9.17, 15) is 29.1 Å². The first kappa shape index (κ1) is 25.6. The molecule has 0 aliphatic heterocycles. The molecule has 0 spiro atoms. The molecule has 31 heavy (non-hydrogen) atoms. The van der Waals surface area contributed by atoms with Crippen LogP contribution >= 0.6 is 0 Å². The van der Waals surface area contributed by atoms with Crippen molar-refractivity contribution in [3.63, 3.8) is 0 Å². The van der Waals surface area contributed by atoms with Crippen LogP contribution in [0, 0.1) is 5.92 Å². The maximum absolute atomic E-state index is 12.8. The quantitative estimate of drug-likeness (QED) is 0.400. The summed E-state index contributed by atoms with van der Waals surface area (Å²) in [7, 11) is 0. The molecule has 0 radical (unpaired) electrons. The number of rotatable bonds is 12. The molecule has 0 aliphatic rings. The highest BCUT2D eigenvalue weighted by Gasteiger charge is 2.39. The number of amides is 2. The zero-order chi connectivity index (χ0) is 23.4. The van der Waals surface area contributed by atoms with Crippen LogP contribution in [0.2, 0.25) is 0 Å². The summed E-state index contributed by atoms with van der Waals surface area (Å²) >= 11 is 0. The number of hydrogen-bond donors (Lipinski definition) is 3. The van der Waals surface area contributed by atoms with Crippen LogP contribution in [-0.2, 0) is 39.9 Å². The van der Waals surface area contributed by atoms with Crippen molar-refractivity contribution in [2.24, 2.45) is 5.92 Å². The highest BCUT2D eigenvalue weighted by atomic mass is 16.5. The van der Waals surface area contributed by atoms with Gasteiger partial charge in [0.15, 0.2) is 0 Å². The Labute approximate surface area is 180 Å². The molecule has 3 atom stereocenters. The van der Waals surface area contributed by atoms with Gasteiger partial charge in [-0.25, -0.2) is 4.79 Å². The number of nitrogens with one attached hydrogen (secondary N) is 2. The molecule has 2 amide bonds. The zero-order valence-corrected chi connectivity index (χ0v) is 17.8. The maximum atomic E-state index is 12.8. The van der Waals surface area contributed by atoms with Gasteiger partial charge >= 0.3 is 17.9 Å². The van der Waals surface area contributed by atoms with Gasteiger partial charge in [-0.2, -0.15) is 0 Å². The fourth-order valence-electron chi connectivity index (χ4n) is 2.88. The zero-order valence-electron chi connectivity index (χ0n) is 17.8. The van der Waals surface area contributed by atoms with E-state index in [2.05, 4.69) is 10.6 Å². The number of carboxylic acid groups (broad SMARTS) is 1. The Morgan fingerprint density at radius 2 is 1.58 bits per heavy atom. The molecule has 0 aliphatic carbocycles. The third-order valence-electron chi connectivity index (χ3n) is 4.22. The fourth-order valence-corrected chi connectivity index (χ4v) is 2.88. The highest BCUT2D eigenvalue weighted by Crippen LogP contribution is 2.15. The first-order chi connectivity index (χ1) is 14.7. The lowest BCUT2D eigenvalue weighted by molar-refractivity contribution is -0.160. The predicted octanol–water partition coefficient (Wildman–Crippen LogP) is 0.436. The second-order valence-corrected chi connectivity index (χ2v) is 6.64. The summed E-state index contributed by atoms with van der Waals surface area (Å²) in [5.41, 5.74) is 0.733. The van der Waals surface area contributed by atoms with Gasteiger partial charge in [-0.1, -0.05) is 30.3 Å². The molecular weight excluding hydrogens is 408 g/mol. The van der Waals surface area contributed by atoms with Gasteiger partial charge in [0.1, 0.15) is 12.1 Å². The molecule has 1 aromatic carbocycles. The van der Waals surface area contributed by atoms with E-state index in [4.69, 9.17) is 9.47 Å². The maximum Gasteiger partial charge on any atom is 0.327 e. The summed E-state index contributed by atoms with van der Waals surface area (Å²) in [6.07, 6.45) is -0.492. The number of carbonyl (C=O) groups excluding carboxylic acids is 4. The molecule has 0 saturated heterocycles. The molecule has 0 saturated carbocycles. The Morgan fingerprint density at radius 3 is 2.10 bits per heavy atom. The summed E-state index contributed by atoms with van der Waals surface area (Å²) in [6, 6.07) is 5.95. The summed E-state index contributed by atoms with van der Waals surface area (Å²) in [5, 5.41) is 14.4. The van der Waals surface area contributed by atoms with E-state index in [-0.39, 0.29) is 19.6 Å². The van der Waals surface area contributed by atoms with Gasteiger partial charge < -0.3 is 25.2 Å². The Hall–Kier alpha value is -3.43. The number of carboxylic acids is 1. The van der Waals surface area contributed by atoms with Crippen LogP contribution in [0.4, 0.5) is 0 Å². The van der Waals surface area contributed by atoms with Crippen LogP contribution in [0.1, 0.15) is 32.8 Å². The van der Waals surface area contributed by atoms with Crippen molar-refractivity contribution in [1.29, 1.82) is 0 Å². The Bertz CT molecular complexity index is 781. The van der Waals surface area contributed by atoms with Crippen molar-refractivity contribution < 1.29 is 38.6 Å². The lowest BCUT2D eigenvalue weighted by atomic mass is 9.95. The first-order valence-electron chi connectivity index (χ1n) is 9.86. The molecule has 0 fully saturated rings. The van der Waals surface area contributed by atoms with E-state index in [1.807, 2.05) is 0 Å². The van der Waals surface area contributed by atoms with Crippen LogP contribution in [0.3, 0.4) is 0 Å². The van der Waals surface area contributed by atoms with E-state index in [1.165, 1.54) is 13.8 Å². The Balaban J connectivity index is 3.11. The van der Waals surface area contributed by atoms with Crippen LogP contribution in [0.25, 0.3) is 0 Å². The molecule has 0 unspecified atom stereocenters. The molecule has 10 nitrogen and oxygen atoms in total. The normalized spacial score (nSPS) is 13.3. The summed E-state index contributed by atoms with van der Waals surface area (Å²) in [4.78, 5) is 60.5. The number of ether oxygens (including phenoxy) is 2. The van der Waals surface area contributed by atoms with Crippen molar-refractivity contribution in [3.05, 3.63) is 35.9 Å². The van der Waals surface area contributed by atoms with Gasteiger partial charge in [-0.3, -0.25) is 19.2 Å². The van der Waals surface area contributed by atoms with Crippen molar-refractivity contribution in [2.75, 3.05) is 13.2 Å². The lowest BCUT2D eigenvalue weighted by Crippen LogP contribution is -2.55. The van der Waals surface area contributed by atoms with Gasteiger partial charge in [-0.15, -0.1) is 0 Å². The topological polar surface area (TPSA) is 148 Å². The minimum Gasteiger partial charge on any atom is -0.480 e. The molecule has 0 bridgehead atoms. The summed E-state index contributed by atoms with van der Waals surface area (Å²) < 4.78 is 9.69. The summed E-state index contributed by atoms with van der Waals surface area (Å²) in [5.74, 6) is -6.10. The van der Waals surface area contributed by atoms with Crippen LogP contribution in [0.15, 0.2) is 30.3 Å². The minimum absolute atomic E-state index is 0.0407. The average molecular weight is 436 g/mol. The van der Waals surface area contributed by atoms with Crippen LogP contribution in [-0.4, -0.2) is 60.1 Å². The summed E-state index contributed by atoms with van der Waals surface area (Å²) in [6.45, 7) is 4.32. The first-order valence-corrected chi connectivity index (χ1v) is 9.86. The van der Waals surface area contributed by atoms with E-state index >= 15 is 0 Å². The average Bonchev–Trinajstić information content (AvgIpc) is 2.70. The van der Waals surface area contributed by atoms with Gasteiger partial charge in [-0.05, 0) is 19.4 Å². The third kappa shape index (κ3) is 8.85. The number of aliphatic carboxylic acids is 1. The monoisotopic (exact) mass is 436 g/mol. The molecular formula is C21H28N2O8. The van der Waals surface area contributed by atoms with Crippen molar-refractivity contribution >= 4 is 29.7 Å². The number of carbonyl (C=O) groups is 5. The molecule has 1 aromatic rings. The molecule has 0 aromatic heterocycles. The van der Waals surface area contributed by atoms with Crippen molar-refractivity contribution in [1.82, 2.24) is 10.6 Å². The second-order valence-electron chi connectivity index (χ2n) is 6.64. The van der Waals surface area contributed by atoms with E-state index < -0.39 is 54.1 Å². The Kier molecular flexibility index (Phi) is 10.7. The van der Waals surface area contributed by atoms with Gasteiger partial charge in [0.25, 0.3) is 0 Å². The van der Waals surface area contributed by atoms with Crippen molar-refractivity contribution in [3.8, 4) is 0 Å². The third-order valence-corrected chi connectivity index (χ3v) is 4.22. The Morgan fingerprint density at radius 1 is 0.968 bits per heavy atom. The molecule has 0 heterocycles. The molecule has 170 valence electrons. The number of esters is 2. The fraction of sp³-hybridized carbons (Fsp3) is 0.476. The SMILES string of the molecule is CCOC(=O)C[C@H](C(=O)OCC)[C@H](NC(=O)[C@H](Cc1ccccc1)NC(C)=O)C(=O)O. The van der Waals surface area contributed by atoms with Crippen molar-refractivity contribution in [2.45, 2.75) is 45.7 Å². The highest BCUT2D eigenvalue weighted by molar-refractivity contribution is 5.93. The second kappa shape index (κ2) is 13.0. The van der Waals surface area contributed by atoms with E-state index in [0.29, 0.717) is 0 Å². The molecule has 10 heteroatoms. The lowest BCUT2D eigenvalue weighted by Gasteiger charge is -2.25. The van der Waals surface area contributed by atoms with Gasteiger partial charge in [0.2, 0.25) is 11.8 Å². The van der Waals surface area contributed by atoms with E-state index in [0.717, 1.165) is 5.56 Å². The van der Waals surface area contributed by atoms with Gasteiger partial charge in [0, 0.05) is 13.3 Å². The molecule has 1 rings (SSSR count). The standard InChI is InChI=1S/C21H28N2O8/c1-4-30-17(25)12-15(21(29)31-5-2)18(20(27)28)23-19(26)16(22-13(3)24)11-14-9-7-6-8-10-14/h6-10,15-16,18H,4-5,11-12H2,1-3H3,(H,22,24)(H,23,26)(H,27,28)/t15-,16-,18-/m0/s1. The predicted molar refractivity (Wildman–Crippen MR) is 109 cm³/mol. The smallest absolute Gasteiger partial charge is 0.327 e.